The van der Waals surface area contributed by atoms with Gasteiger partial charge in [0.15, 0.2) is 0 Å². The number of hydrogen-bond donors (Lipinski definition) is 1. The monoisotopic (exact) mass is 323 g/mol. The van der Waals surface area contributed by atoms with Crippen LogP contribution in [0.1, 0.15) is 37.7 Å². The van der Waals surface area contributed by atoms with Crippen LogP contribution in [0, 0.1) is 5.82 Å². The maximum absolute atomic E-state index is 14.3. The lowest BCUT2D eigenvalue weighted by Gasteiger charge is -2.33. The molecule has 1 aliphatic carbocycles. The fraction of sp³-hybridized carbons (Fsp3) is 0.529. The van der Waals surface area contributed by atoms with Crippen LogP contribution < -0.4 is 0 Å². The molecule has 124 valence electrons. The van der Waals surface area contributed by atoms with Gasteiger partial charge in [-0.15, -0.1) is 0 Å². The number of alkyl halides is 1. The summed E-state index contributed by atoms with van der Waals surface area (Å²) in [7, 11) is 0. The molecule has 0 bridgehead atoms. The number of nitrogens with zero attached hydrogens (tertiary/aromatic N) is 1. The molecule has 4 nitrogen and oxygen atoms in total. The van der Waals surface area contributed by atoms with Crippen LogP contribution >= 0.6 is 0 Å². The maximum atomic E-state index is 14.3. The Kier molecular flexibility index (Phi) is 3.86. The van der Waals surface area contributed by atoms with Gasteiger partial charge in [0.2, 0.25) is 11.6 Å². The van der Waals surface area contributed by atoms with Crippen LogP contribution in [-0.2, 0) is 15.0 Å². The Labute approximate surface area is 133 Å². The molecule has 1 unspecified atom stereocenters. The molecule has 3 rings (SSSR count). The van der Waals surface area contributed by atoms with Gasteiger partial charge >= 0.3 is 5.97 Å². The molecule has 1 aromatic carbocycles. The zero-order valence-electron chi connectivity index (χ0n) is 12.7. The minimum Gasteiger partial charge on any atom is -0.479 e. The number of rotatable bonds is 3. The summed E-state index contributed by atoms with van der Waals surface area (Å²) in [6.45, 7) is -0.350. The summed E-state index contributed by atoms with van der Waals surface area (Å²) in [5.74, 6) is -2.21. The van der Waals surface area contributed by atoms with Crippen molar-refractivity contribution in [1.82, 2.24) is 4.90 Å². The SMILES string of the molecule is O=C(O)C1(F)CCN(C(=O)C2(c3cccc(F)c3)CCCC2)C1. The molecule has 1 heterocycles. The molecule has 1 aromatic rings. The Hall–Kier alpha value is -1.98. The van der Waals surface area contributed by atoms with Gasteiger partial charge in [0.25, 0.3) is 0 Å². The summed E-state index contributed by atoms with van der Waals surface area (Å²) in [5, 5.41) is 8.99. The number of amides is 1. The molecule has 1 atom stereocenters. The van der Waals surface area contributed by atoms with E-state index in [4.69, 9.17) is 5.11 Å². The quantitative estimate of drug-likeness (QED) is 0.930. The molecule has 1 saturated carbocycles. The summed E-state index contributed by atoms with van der Waals surface area (Å²) < 4.78 is 27.9. The predicted octanol–water partition coefficient (Wildman–Crippen LogP) is 2.66. The van der Waals surface area contributed by atoms with Gasteiger partial charge in [0.1, 0.15) is 5.82 Å². The number of hydrogen-bond acceptors (Lipinski definition) is 2. The largest absolute Gasteiger partial charge is 0.479 e. The van der Waals surface area contributed by atoms with Gasteiger partial charge < -0.3 is 10.0 Å². The minimum absolute atomic E-state index is 0.0820. The van der Waals surface area contributed by atoms with E-state index in [1.165, 1.54) is 17.0 Å². The van der Waals surface area contributed by atoms with E-state index in [0.717, 1.165) is 12.8 Å². The molecular weight excluding hydrogens is 304 g/mol. The third-order valence-electron chi connectivity index (χ3n) is 5.13. The Balaban J connectivity index is 1.91. The van der Waals surface area contributed by atoms with Crippen molar-refractivity contribution in [3.8, 4) is 0 Å². The number of likely N-dealkylation sites (tertiary alicyclic amines) is 1. The fourth-order valence-corrected chi connectivity index (χ4v) is 3.81. The van der Waals surface area contributed by atoms with Crippen LogP contribution in [0.5, 0.6) is 0 Å². The minimum atomic E-state index is -2.38. The van der Waals surface area contributed by atoms with E-state index in [-0.39, 0.29) is 18.9 Å². The van der Waals surface area contributed by atoms with Gasteiger partial charge in [-0.3, -0.25) is 4.79 Å². The smallest absolute Gasteiger partial charge is 0.343 e. The second-order valence-electron chi connectivity index (χ2n) is 6.55. The fourth-order valence-electron chi connectivity index (χ4n) is 3.81. The number of carbonyl (C=O) groups excluding carboxylic acids is 1. The average molecular weight is 323 g/mol. The number of carboxylic acids is 1. The van der Waals surface area contributed by atoms with Gasteiger partial charge in [-0.25, -0.2) is 13.6 Å². The van der Waals surface area contributed by atoms with E-state index in [1.54, 1.807) is 12.1 Å². The molecule has 1 amide bonds. The summed E-state index contributed by atoms with van der Waals surface area (Å²) in [4.78, 5) is 25.4. The number of carbonyl (C=O) groups is 2. The van der Waals surface area contributed by atoms with Gasteiger partial charge in [-0.1, -0.05) is 25.0 Å². The van der Waals surface area contributed by atoms with Crippen molar-refractivity contribution in [2.24, 2.45) is 0 Å². The van der Waals surface area contributed by atoms with Gasteiger partial charge in [-0.05, 0) is 30.5 Å². The standard InChI is InChI=1S/C17H19F2NO3/c18-13-5-3-4-12(10-13)16(6-1-2-7-16)14(21)20-9-8-17(19,11-20)15(22)23/h3-5,10H,1-2,6-9,11H2,(H,22,23). The van der Waals surface area contributed by atoms with Crippen molar-refractivity contribution in [2.75, 3.05) is 13.1 Å². The Morgan fingerprint density at radius 3 is 2.43 bits per heavy atom. The first kappa shape index (κ1) is 15.9. The van der Waals surface area contributed by atoms with E-state index in [9.17, 15) is 18.4 Å². The highest BCUT2D eigenvalue weighted by Gasteiger charge is 2.52. The zero-order valence-corrected chi connectivity index (χ0v) is 12.7. The summed E-state index contributed by atoms with van der Waals surface area (Å²) in [6.07, 6.45) is 2.65. The van der Waals surface area contributed by atoms with Crippen LogP contribution in [0.2, 0.25) is 0 Å². The van der Waals surface area contributed by atoms with Crippen LogP contribution in [0.3, 0.4) is 0 Å². The Morgan fingerprint density at radius 1 is 1.17 bits per heavy atom. The van der Waals surface area contributed by atoms with Crippen molar-refractivity contribution < 1.29 is 23.5 Å². The van der Waals surface area contributed by atoms with Gasteiger partial charge in [-0.2, -0.15) is 0 Å². The Morgan fingerprint density at radius 2 is 1.87 bits per heavy atom. The highest BCUT2D eigenvalue weighted by Crippen LogP contribution is 2.44. The predicted molar refractivity (Wildman–Crippen MR) is 79.2 cm³/mol. The number of carboxylic acid groups (broad SMARTS) is 1. The zero-order chi connectivity index (χ0) is 16.7. The molecule has 0 spiro atoms. The molecule has 0 radical (unpaired) electrons. The molecule has 1 N–H and O–H groups in total. The number of halogens is 2. The normalized spacial score (nSPS) is 26.4. The van der Waals surface area contributed by atoms with Crippen molar-refractivity contribution in [1.29, 1.82) is 0 Å². The van der Waals surface area contributed by atoms with Crippen molar-refractivity contribution >= 4 is 11.9 Å². The van der Waals surface area contributed by atoms with E-state index >= 15 is 0 Å². The molecule has 6 heteroatoms. The van der Waals surface area contributed by atoms with E-state index in [2.05, 4.69) is 0 Å². The van der Waals surface area contributed by atoms with Crippen LogP contribution in [0.4, 0.5) is 8.78 Å². The van der Waals surface area contributed by atoms with Gasteiger partial charge in [0, 0.05) is 13.0 Å². The molecule has 0 aromatic heterocycles. The average Bonchev–Trinajstić information content (AvgIpc) is 3.15. The topological polar surface area (TPSA) is 57.6 Å². The molecule has 2 aliphatic rings. The molecule has 23 heavy (non-hydrogen) atoms. The third-order valence-corrected chi connectivity index (χ3v) is 5.13. The Bertz CT molecular complexity index is 642. The van der Waals surface area contributed by atoms with Crippen molar-refractivity contribution in [3.63, 3.8) is 0 Å². The van der Waals surface area contributed by atoms with E-state index in [0.29, 0.717) is 18.4 Å². The molecule has 2 fully saturated rings. The maximum Gasteiger partial charge on any atom is 0.343 e. The number of benzene rings is 1. The summed E-state index contributed by atoms with van der Waals surface area (Å²) in [6, 6.07) is 5.98. The van der Waals surface area contributed by atoms with Crippen molar-refractivity contribution in [3.05, 3.63) is 35.6 Å². The first-order valence-corrected chi connectivity index (χ1v) is 7.85. The highest BCUT2D eigenvalue weighted by molar-refractivity contribution is 5.90. The summed E-state index contributed by atoms with van der Waals surface area (Å²) >= 11 is 0. The van der Waals surface area contributed by atoms with Crippen LogP contribution in [0.25, 0.3) is 0 Å². The van der Waals surface area contributed by atoms with Crippen molar-refractivity contribution in [2.45, 2.75) is 43.2 Å². The second kappa shape index (κ2) is 5.58. The molecular formula is C17H19F2NO3. The molecule has 1 aliphatic heterocycles. The third kappa shape index (κ3) is 2.60. The lowest BCUT2D eigenvalue weighted by atomic mass is 9.77. The van der Waals surface area contributed by atoms with E-state index < -0.39 is 29.4 Å². The molecule has 1 saturated heterocycles. The van der Waals surface area contributed by atoms with Crippen LogP contribution in [0.15, 0.2) is 24.3 Å². The summed E-state index contributed by atoms with van der Waals surface area (Å²) in [5.41, 5.74) is -2.63. The first-order valence-electron chi connectivity index (χ1n) is 7.85. The van der Waals surface area contributed by atoms with Gasteiger partial charge in [0.05, 0.1) is 12.0 Å². The lowest BCUT2D eigenvalue weighted by Crippen LogP contribution is -2.47. The highest BCUT2D eigenvalue weighted by atomic mass is 19.1. The lowest BCUT2D eigenvalue weighted by molar-refractivity contribution is -0.150. The first-order chi connectivity index (χ1) is 10.9. The van der Waals surface area contributed by atoms with E-state index in [1.807, 2.05) is 0 Å². The van der Waals surface area contributed by atoms with Crippen LogP contribution in [-0.4, -0.2) is 40.6 Å². The second-order valence-corrected chi connectivity index (χ2v) is 6.55. The number of aliphatic carboxylic acids is 1.